The molecule has 18 nitrogen and oxygen atoms in total. The number of tetrazole rings is 1. The second-order valence-electron chi connectivity index (χ2n) is 15.2. The molecule has 348 valence electrons. The molecule has 2 aromatic heterocycles. The summed E-state index contributed by atoms with van der Waals surface area (Å²) in [4.78, 5) is 17.2. The number of carbonyl (C=O) groups excluding carboxylic acids is 1. The van der Waals surface area contributed by atoms with Gasteiger partial charge in [0.2, 0.25) is 25.9 Å². The van der Waals surface area contributed by atoms with Gasteiger partial charge in [-0.15, -0.1) is 10.2 Å². The third-order valence-corrected chi connectivity index (χ3v) is 14.0. The van der Waals surface area contributed by atoms with Gasteiger partial charge >= 0.3 is 6.09 Å². The quantitative estimate of drug-likeness (QED) is 0.0791. The Hall–Kier alpha value is -7.39. The van der Waals surface area contributed by atoms with Crippen LogP contribution in [0.15, 0.2) is 143 Å². The van der Waals surface area contributed by atoms with Crippen molar-refractivity contribution >= 4 is 32.0 Å². The van der Waals surface area contributed by atoms with Crippen LogP contribution >= 0.6 is 0 Å². The van der Waals surface area contributed by atoms with E-state index in [0.717, 1.165) is 11.1 Å². The number of rotatable bonds is 20. The molecule has 1 atom stereocenters. The van der Waals surface area contributed by atoms with Crippen molar-refractivity contribution in [3.8, 4) is 39.9 Å². The summed E-state index contributed by atoms with van der Waals surface area (Å²) in [6, 6.07) is 36.3. The predicted octanol–water partition coefficient (Wildman–Crippen LogP) is 6.04. The Morgan fingerprint density at radius 3 is 1.87 bits per heavy atom. The molecule has 5 aromatic carbocycles. The number of ether oxygens (including phenoxy) is 4. The first-order valence-electron chi connectivity index (χ1n) is 20.8. The molecule has 0 aliphatic heterocycles. The number of nitrogens with one attached hydrogen (secondary N) is 2. The number of hydrogen-bond acceptors (Lipinski definition) is 14. The first kappa shape index (κ1) is 47.6. The highest BCUT2D eigenvalue weighted by Gasteiger charge is 2.38. The highest BCUT2D eigenvalue weighted by Crippen LogP contribution is 2.41. The number of nitrogen functional groups attached to an aromatic ring is 1. The van der Waals surface area contributed by atoms with Gasteiger partial charge < -0.3 is 30.0 Å². The maximum absolute atomic E-state index is 15.9. The van der Waals surface area contributed by atoms with Crippen LogP contribution in [0.4, 0.5) is 10.6 Å². The average molecular weight is 948 g/mol. The number of methoxy groups -OCH3 is 3. The van der Waals surface area contributed by atoms with Crippen LogP contribution in [-0.2, 0) is 51.0 Å². The number of nitrogens with zero attached hydrogens (tertiary/aromatic N) is 6. The van der Waals surface area contributed by atoms with Gasteiger partial charge in [0.05, 0.1) is 39.1 Å². The summed E-state index contributed by atoms with van der Waals surface area (Å²) in [5.41, 5.74) is 9.00. The van der Waals surface area contributed by atoms with Gasteiger partial charge in [0.15, 0.2) is 0 Å². The average Bonchev–Trinajstić information content (AvgIpc) is 3.80. The van der Waals surface area contributed by atoms with Crippen LogP contribution in [0.3, 0.4) is 0 Å². The first-order chi connectivity index (χ1) is 32.3. The lowest BCUT2D eigenvalue weighted by Crippen LogP contribution is -2.42. The van der Waals surface area contributed by atoms with Crippen LogP contribution in [0.25, 0.3) is 22.6 Å². The van der Waals surface area contributed by atoms with E-state index >= 15 is 8.42 Å². The number of anilines is 1. The third kappa shape index (κ3) is 11.9. The zero-order valence-electron chi connectivity index (χ0n) is 37.1. The minimum absolute atomic E-state index is 0.00660. The van der Waals surface area contributed by atoms with E-state index in [1.54, 1.807) is 98.1 Å². The molecule has 7 aromatic rings. The lowest BCUT2D eigenvalue weighted by molar-refractivity contribution is 0.139. The Balaban J connectivity index is 1.37. The van der Waals surface area contributed by atoms with Gasteiger partial charge in [-0.2, -0.15) is 9.10 Å². The van der Waals surface area contributed by atoms with Crippen molar-refractivity contribution in [2.45, 2.75) is 49.0 Å². The van der Waals surface area contributed by atoms with Crippen LogP contribution in [-0.4, -0.2) is 86.3 Å². The number of nitrogens with two attached hydrogens (primary N) is 1. The highest BCUT2D eigenvalue weighted by atomic mass is 32.2. The molecule has 0 spiro atoms. The van der Waals surface area contributed by atoms with Gasteiger partial charge in [-0.3, -0.25) is 0 Å². The fourth-order valence-corrected chi connectivity index (χ4v) is 10.6. The fourth-order valence-electron chi connectivity index (χ4n) is 6.98. The molecule has 1 amide bonds. The summed E-state index contributed by atoms with van der Waals surface area (Å²) < 4.78 is 86.6. The van der Waals surface area contributed by atoms with Crippen molar-refractivity contribution in [3.05, 3.63) is 156 Å². The van der Waals surface area contributed by atoms with E-state index in [1.165, 1.54) is 42.4 Å². The lowest BCUT2D eigenvalue weighted by atomic mass is 10.0. The van der Waals surface area contributed by atoms with E-state index in [-0.39, 0.29) is 61.2 Å². The molecular formula is C47H49N9O9S2. The van der Waals surface area contributed by atoms with E-state index in [2.05, 4.69) is 30.4 Å². The van der Waals surface area contributed by atoms with E-state index in [0.29, 0.717) is 28.4 Å². The lowest BCUT2D eigenvalue weighted by Gasteiger charge is -2.26. The molecule has 0 radical (unpaired) electrons. The third-order valence-electron chi connectivity index (χ3n) is 10.4. The van der Waals surface area contributed by atoms with Crippen molar-refractivity contribution in [2.75, 3.05) is 33.6 Å². The minimum atomic E-state index is -4.94. The molecule has 0 bridgehead atoms. The second-order valence-corrected chi connectivity index (χ2v) is 18.7. The molecule has 0 aliphatic carbocycles. The number of sulfonamides is 2. The molecule has 1 unspecified atom stereocenters. The van der Waals surface area contributed by atoms with Crippen LogP contribution in [0.1, 0.15) is 29.2 Å². The molecule has 67 heavy (non-hydrogen) atoms. The normalized spacial score (nSPS) is 12.1. The van der Waals surface area contributed by atoms with Crippen LogP contribution < -0.4 is 30.0 Å². The van der Waals surface area contributed by atoms with Gasteiger partial charge in [-0.1, -0.05) is 78.9 Å². The number of amides is 1. The Kier molecular flexibility index (Phi) is 15.1. The summed E-state index contributed by atoms with van der Waals surface area (Å²) in [5, 5.41) is 15.9. The Bertz CT molecular complexity index is 2960. The topological polar surface area (TPSA) is 232 Å². The number of benzene rings is 5. The van der Waals surface area contributed by atoms with Crippen molar-refractivity contribution in [2.24, 2.45) is 0 Å². The number of carbonyl (C=O) groups is 1. The molecular weight excluding hydrogens is 899 g/mol. The monoisotopic (exact) mass is 947 g/mol. The van der Waals surface area contributed by atoms with Crippen molar-refractivity contribution in [1.82, 2.24) is 39.5 Å². The zero-order chi connectivity index (χ0) is 47.6. The molecule has 20 heteroatoms. The van der Waals surface area contributed by atoms with E-state index in [9.17, 15) is 13.2 Å². The standard InChI is InChI=1S/C47H49N9O9S2/c1-32(27-49-47(57)65-31-36-9-6-5-7-10-36)53-66(58,59)42-26-25-40(41-11-8-12-43(48)50-41)44(46-51-54-56(52-46)30-35-17-23-39(64-4)24-18-35)45(42)67(60,61)55(28-33-13-19-37(62-2)20-14-33)29-34-15-21-38(63-3)22-16-34/h5-26,32,53H,27-31H2,1-4H3,(H2,48,50)(H,49,57). The molecule has 0 aliphatic rings. The van der Waals surface area contributed by atoms with E-state index < -0.39 is 42.0 Å². The molecule has 7 rings (SSSR count). The zero-order valence-corrected chi connectivity index (χ0v) is 38.7. The summed E-state index contributed by atoms with van der Waals surface area (Å²) in [7, 11) is -5.13. The highest BCUT2D eigenvalue weighted by molar-refractivity contribution is 7.92. The smallest absolute Gasteiger partial charge is 0.407 e. The van der Waals surface area contributed by atoms with Crippen molar-refractivity contribution in [1.29, 1.82) is 0 Å². The van der Waals surface area contributed by atoms with Crippen molar-refractivity contribution in [3.63, 3.8) is 0 Å². The Morgan fingerprint density at radius 1 is 0.716 bits per heavy atom. The number of aromatic nitrogens is 5. The molecule has 0 saturated carbocycles. The predicted molar refractivity (Wildman–Crippen MR) is 250 cm³/mol. The molecule has 4 N–H and O–H groups in total. The van der Waals surface area contributed by atoms with Crippen LogP contribution in [0.5, 0.6) is 17.2 Å². The van der Waals surface area contributed by atoms with E-state index in [1.807, 2.05) is 30.3 Å². The van der Waals surface area contributed by atoms with E-state index in [4.69, 9.17) is 24.7 Å². The van der Waals surface area contributed by atoms with Gasteiger partial charge in [-0.05, 0) is 89.0 Å². The molecule has 0 fully saturated rings. The maximum Gasteiger partial charge on any atom is 0.407 e. The number of pyridine rings is 1. The fraction of sp³-hybridized carbons (Fsp3) is 0.213. The summed E-state index contributed by atoms with van der Waals surface area (Å²) in [6.45, 7) is 0.983. The Labute approximate surface area is 388 Å². The molecule has 2 heterocycles. The van der Waals surface area contributed by atoms with Crippen LogP contribution in [0, 0.1) is 0 Å². The Morgan fingerprint density at radius 2 is 1.30 bits per heavy atom. The number of alkyl carbamates (subject to hydrolysis) is 1. The summed E-state index contributed by atoms with van der Waals surface area (Å²) in [5.74, 6) is 1.64. The first-order valence-corrected chi connectivity index (χ1v) is 23.7. The number of hydrogen-bond donors (Lipinski definition) is 3. The largest absolute Gasteiger partial charge is 0.497 e. The van der Waals surface area contributed by atoms with Gasteiger partial charge in [0.25, 0.3) is 0 Å². The van der Waals surface area contributed by atoms with Crippen LogP contribution in [0.2, 0.25) is 0 Å². The van der Waals surface area contributed by atoms with Gasteiger partial charge in [-0.25, -0.2) is 31.3 Å². The second kappa shape index (κ2) is 21.3. The SMILES string of the molecule is COc1ccc(CN(Cc2ccc(OC)cc2)S(=O)(=O)c2c(S(=O)(=O)NC(C)CNC(=O)OCc3ccccc3)ccc(-c3cccc(N)n3)c2-c2nnn(Cc3ccc(OC)cc3)n2)cc1. The maximum atomic E-state index is 15.9. The van der Waals surface area contributed by atoms with Gasteiger partial charge in [0, 0.05) is 31.2 Å². The van der Waals surface area contributed by atoms with Gasteiger partial charge in [0.1, 0.15) is 39.5 Å². The molecule has 0 saturated heterocycles. The summed E-state index contributed by atoms with van der Waals surface area (Å²) in [6.07, 6.45) is -0.782. The summed E-state index contributed by atoms with van der Waals surface area (Å²) >= 11 is 0. The minimum Gasteiger partial charge on any atom is -0.497 e. The van der Waals surface area contributed by atoms with Crippen molar-refractivity contribution < 1.29 is 40.6 Å².